The molecule has 1 aromatic heterocycles. The molecule has 0 aliphatic rings. The number of fused-ring (bicyclic) bond motifs is 1. The number of nitrogens with zero attached hydrogens (tertiary/aromatic N) is 1. The molecule has 1 heterocycles. The zero-order chi connectivity index (χ0) is 14.1. The third-order valence-electron chi connectivity index (χ3n) is 3.10. The van der Waals surface area contributed by atoms with E-state index in [9.17, 15) is 4.39 Å². The molecule has 0 saturated carbocycles. The van der Waals surface area contributed by atoms with Crippen molar-refractivity contribution in [1.29, 1.82) is 0 Å². The second kappa shape index (κ2) is 4.85. The van der Waals surface area contributed by atoms with Crippen molar-refractivity contribution in [3.8, 4) is 22.9 Å². The Bertz CT molecular complexity index is 735. The number of imidazole rings is 1. The number of halogens is 1. The van der Waals surface area contributed by atoms with Crippen molar-refractivity contribution in [1.82, 2.24) is 9.97 Å². The van der Waals surface area contributed by atoms with E-state index in [1.807, 2.05) is 24.3 Å². The third kappa shape index (κ3) is 1.97. The van der Waals surface area contributed by atoms with Gasteiger partial charge in [0.05, 0.1) is 25.3 Å². The van der Waals surface area contributed by atoms with Gasteiger partial charge in [-0.05, 0) is 24.3 Å². The maximum atomic E-state index is 14.0. The number of nitrogens with one attached hydrogen (secondary N) is 1. The summed E-state index contributed by atoms with van der Waals surface area (Å²) in [5, 5.41) is 0. The lowest BCUT2D eigenvalue weighted by Gasteiger charge is -2.09. The van der Waals surface area contributed by atoms with E-state index in [-0.39, 0.29) is 5.75 Å². The van der Waals surface area contributed by atoms with Gasteiger partial charge in [0.15, 0.2) is 17.3 Å². The van der Waals surface area contributed by atoms with Crippen LogP contribution in [0.2, 0.25) is 0 Å². The molecule has 4 nitrogen and oxygen atoms in total. The van der Waals surface area contributed by atoms with Crippen LogP contribution in [0.3, 0.4) is 0 Å². The maximum absolute atomic E-state index is 14.0. The Balaban J connectivity index is 2.16. The van der Waals surface area contributed by atoms with E-state index in [0.717, 1.165) is 11.0 Å². The molecule has 0 saturated heterocycles. The van der Waals surface area contributed by atoms with Gasteiger partial charge in [0.2, 0.25) is 0 Å². The summed E-state index contributed by atoms with van der Waals surface area (Å²) < 4.78 is 24.1. The number of methoxy groups -OCH3 is 2. The van der Waals surface area contributed by atoms with E-state index in [2.05, 4.69) is 9.97 Å². The zero-order valence-electron chi connectivity index (χ0n) is 11.1. The summed E-state index contributed by atoms with van der Waals surface area (Å²) in [6.07, 6.45) is 0. The molecule has 5 heteroatoms. The van der Waals surface area contributed by atoms with Gasteiger partial charge >= 0.3 is 0 Å². The first-order valence-electron chi connectivity index (χ1n) is 6.09. The molecular formula is C15H13FN2O2. The van der Waals surface area contributed by atoms with E-state index in [1.54, 1.807) is 6.07 Å². The number of aromatic nitrogens is 2. The fourth-order valence-electron chi connectivity index (χ4n) is 2.14. The van der Waals surface area contributed by atoms with Gasteiger partial charge in [0.25, 0.3) is 0 Å². The lowest BCUT2D eigenvalue weighted by Crippen LogP contribution is -1.95. The molecule has 3 aromatic rings. The van der Waals surface area contributed by atoms with Gasteiger partial charge in [-0.1, -0.05) is 12.1 Å². The minimum Gasteiger partial charge on any atom is -0.493 e. The molecule has 0 radical (unpaired) electrons. The second-order valence-corrected chi connectivity index (χ2v) is 4.30. The second-order valence-electron chi connectivity index (χ2n) is 4.30. The lowest BCUT2D eigenvalue weighted by molar-refractivity contribution is 0.338. The highest BCUT2D eigenvalue weighted by atomic mass is 19.1. The number of ether oxygens (including phenoxy) is 2. The Kier molecular flexibility index (Phi) is 3.02. The van der Waals surface area contributed by atoms with Crippen LogP contribution in [0, 0.1) is 5.82 Å². The van der Waals surface area contributed by atoms with Crippen molar-refractivity contribution >= 4 is 11.0 Å². The standard InChI is InChI=1S/C15H13FN2O2/c1-19-13-8-9(7-10(16)14(13)20-2)15-17-11-5-3-4-6-12(11)18-15/h3-8H,1-2H3,(H,17,18). The van der Waals surface area contributed by atoms with Crippen LogP contribution in [0.1, 0.15) is 0 Å². The number of rotatable bonds is 3. The molecule has 0 atom stereocenters. The number of aromatic amines is 1. The average molecular weight is 272 g/mol. The Morgan fingerprint density at radius 3 is 2.60 bits per heavy atom. The highest BCUT2D eigenvalue weighted by Crippen LogP contribution is 2.34. The summed E-state index contributed by atoms with van der Waals surface area (Å²) in [6.45, 7) is 0. The summed E-state index contributed by atoms with van der Waals surface area (Å²) in [4.78, 5) is 7.59. The molecule has 102 valence electrons. The van der Waals surface area contributed by atoms with Crippen LogP contribution in [0.5, 0.6) is 11.5 Å². The van der Waals surface area contributed by atoms with Crippen LogP contribution in [-0.2, 0) is 0 Å². The van der Waals surface area contributed by atoms with E-state index in [0.29, 0.717) is 17.1 Å². The fourth-order valence-corrected chi connectivity index (χ4v) is 2.14. The number of benzene rings is 2. The third-order valence-corrected chi connectivity index (χ3v) is 3.10. The predicted molar refractivity (Wildman–Crippen MR) is 74.6 cm³/mol. The molecule has 0 aliphatic heterocycles. The van der Waals surface area contributed by atoms with Crippen molar-refractivity contribution in [2.75, 3.05) is 14.2 Å². The fraction of sp³-hybridized carbons (Fsp3) is 0.133. The summed E-state index contributed by atoms with van der Waals surface area (Å²) >= 11 is 0. The van der Waals surface area contributed by atoms with Gasteiger partial charge in [-0.3, -0.25) is 0 Å². The van der Waals surface area contributed by atoms with Crippen molar-refractivity contribution in [2.24, 2.45) is 0 Å². The highest BCUT2D eigenvalue weighted by molar-refractivity contribution is 5.79. The van der Waals surface area contributed by atoms with E-state index in [4.69, 9.17) is 9.47 Å². The molecular weight excluding hydrogens is 259 g/mol. The van der Waals surface area contributed by atoms with Crippen molar-refractivity contribution < 1.29 is 13.9 Å². The van der Waals surface area contributed by atoms with E-state index < -0.39 is 5.82 Å². The topological polar surface area (TPSA) is 47.1 Å². The molecule has 0 unspecified atom stereocenters. The predicted octanol–water partition coefficient (Wildman–Crippen LogP) is 3.39. The molecule has 1 N–H and O–H groups in total. The SMILES string of the molecule is COc1cc(-c2nc3ccccc3[nH]2)cc(F)c1OC. The first-order chi connectivity index (χ1) is 9.72. The minimum absolute atomic E-state index is 0.0901. The first-order valence-corrected chi connectivity index (χ1v) is 6.09. The van der Waals surface area contributed by atoms with Gasteiger partial charge in [0.1, 0.15) is 5.82 Å². The number of hydrogen-bond donors (Lipinski definition) is 1. The smallest absolute Gasteiger partial charge is 0.196 e. The zero-order valence-corrected chi connectivity index (χ0v) is 11.1. The molecule has 20 heavy (non-hydrogen) atoms. The van der Waals surface area contributed by atoms with Crippen LogP contribution < -0.4 is 9.47 Å². The van der Waals surface area contributed by atoms with Crippen molar-refractivity contribution in [3.63, 3.8) is 0 Å². The van der Waals surface area contributed by atoms with Crippen molar-refractivity contribution in [2.45, 2.75) is 0 Å². The van der Waals surface area contributed by atoms with Gasteiger partial charge in [-0.15, -0.1) is 0 Å². The summed E-state index contributed by atoms with van der Waals surface area (Å²) in [7, 11) is 2.88. The van der Waals surface area contributed by atoms with E-state index >= 15 is 0 Å². The van der Waals surface area contributed by atoms with Crippen LogP contribution in [0.25, 0.3) is 22.4 Å². The molecule has 0 aliphatic carbocycles. The molecule has 0 bridgehead atoms. The molecule has 3 rings (SSSR count). The first kappa shape index (κ1) is 12.5. The summed E-state index contributed by atoms with van der Waals surface area (Å²) in [6, 6.07) is 10.7. The molecule has 0 amide bonds. The Morgan fingerprint density at radius 2 is 1.90 bits per heavy atom. The Morgan fingerprint density at radius 1 is 1.10 bits per heavy atom. The van der Waals surface area contributed by atoms with Gasteiger partial charge in [-0.25, -0.2) is 9.37 Å². The number of para-hydroxylation sites is 2. The quantitative estimate of drug-likeness (QED) is 0.795. The van der Waals surface area contributed by atoms with Crippen LogP contribution >= 0.6 is 0 Å². The van der Waals surface area contributed by atoms with Crippen molar-refractivity contribution in [3.05, 3.63) is 42.2 Å². The summed E-state index contributed by atoms with van der Waals surface area (Å²) in [5.41, 5.74) is 2.34. The normalized spacial score (nSPS) is 10.8. The monoisotopic (exact) mass is 272 g/mol. The lowest BCUT2D eigenvalue weighted by atomic mass is 10.2. The maximum Gasteiger partial charge on any atom is 0.196 e. The molecule has 2 aromatic carbocycles. The minimum atomic E-state index is -0.484. The number of hydrogen-bond acceptors (Lipinski definition) is 3. The van der Waals surface area contributed by atoms with Gasteiger partial charge < -0.3 is 14.5 Å². The Labute approximate surface area is 115 Å². The van der Waals surface area contributed by atoms with E-state index in [1.165, 1.54) is 20.3 Å². The molecule has 0 spiro atoms. The van der Waals surface area contributed by atoms with Crippen LogP contribution in [-0.4, -0.2) is 24.2 Å². The summed E-state index contributed by atoms with van der Waals surface area (Å²) in [5.74, 6) is 0.531. The van der Waals surface area contributed by atoms with Crippen LogP contribution in [0.4, 0.5) is 4.39 Å². The Hall–Kier alpha value is -2.56. The van der Waals surface area contributed by atoms with Gasteiger partial charge in [-0.2, -0.15) is 0 Å². The highest BCUT2D eigenvalue weighted by Gasteiger charge is 2.15. The van der Waals surface area contributed by atoms with Gasteiger partial charge in [0, 0.05) is 5.56 Å². The number of H-pyrrole nitrogens is 1. The average Bonchev–Trinajstić information content (AvgIpc) is 2.90. The largest absolute Gasteiger partial charge is 0.493 e. The van der Waals surface area contributed by atoms with Crippen LogP contribution in [0.15, 0.2) is 36.4 Å². The molecule has 0 fully saturated rings.